The van der Waals surface area contributed by atoms with E-state index in [1.54, 1.807) is 11.3 Å². The smallest absolute Gasteiger partial charge is 0.163 e. The number of hydrogen-bond donors (Lipinski definition) is 1. The van der Waals surface area contributed by atoms with Crippen LogP contribution in [0.4, 0.5) is 0 Å². The highest BCUT2D eigenvalue weighted by atomic mass is 32.1. The van der Waals surface area contributed by atoms with Gasteiger partial charge in [0.25, 0.3) is 0 Å². The van der Waals surface area contributed by atoms with Gasteiger partial charge in [0, 0.05) is 17.8 Å². The molecule has 0 saturated heterocycles. The molecule has 15 heavy (non-hydrogen) atoms. The van der Waals surface area contributed by atoms with E-state index in [9.17, 15) is 4.79 Å². The van der Waals surface area contributed by atoms with E-state index in [1.807, 2.05) is 6.08 Å². The molecule has 2 rings (SSSR count). The summed E-state index contributed by atoms with van der Waals surface area (Å²) in [5, 5.41) is 5.26. The Morgan fingerprint density at radius 3 is 3.07 bits per heavy atom. The molecule has 0 aromatic carbocycles. The summed E-state index contributed by atoms with van der Waals surface area (Å²) in [6, 6.07) is 2.07. The molecule has 1 aliphatic rings. The molecule has 2 heterocycles. The first-order valence-corrected chi connectivity index (χ1v) is 6.11. The van der Waals surface area contributed by atoms with Crippen molar-refractivity contribution in [2.75, 3.05) is 13.1 Å². The maximum absolute atomic E-state index is 11.9. The number of thiophene rings is 1. The Labute approximate surface area is 94.0 Å². The van der Waals surface area contributed by atoms with E-state index in [-0.39, 0.29) is 0 Å². The molecule has 0 radical (unpaired) electrons. The van der Waals surface area contributed by atoms with Crippen LogP contribution in [0.3, 0.4) is 0 Å². The summed E-state index contributed by atoms with van der Waals surface area (Å²) in [7, 11) is 0. The normalized spacial score (nSPS) is 16.2. The minimum Gasteiger partial charge on any atom is -0.313 e. The average Bonchev–Trinajstić information content (AvgIpc) is 2.66. The summed E-state index contributed by atoms with van der Waals surface area (Å²) < 4.78 is 0. The van der Waals surface area contributed by atoms with Crippen LogP contribution < -0.4 is 5.32 Å². The third-order valence-electron chi connectivity index (χ3n) is 2.71. The zero-order valence-electron chi connectivity index (χ0n) is 8.88. The zero-order valence-corrected chi connectivity index (χ0v) is 9.69. The maximum atomic E-state index is 11.9. The minimum absolute atomic E-state index is 0.294. The summed E-state index contributed by atoms with van der Waals surface area (Å²) in [6.45, 7) is 3.83. The van der Waals surface area contributed by atoms with Gasteiger partial charge in [0.1, 0.15) is 0 Å². The average molecular weight is 221 g/mol. The van der Waals surface area contributed by atoms with Crippen molar-refractivity contribution in [2.45, 2.75) is 19.8 Å². The number of aryl methyl sites for hydroxylation is 1. The van der Waals surface area contributed by atoms with Gasteiger partial charge in [-0.05, 0) is 42.5 Å². The summed E-state index contributed by atoms with van der Waals surface area (Å²) in [4.78, 5) is 13.1. The molecule has 0 spiro atoms. The van der Waals surface area contributed by atoms with E-state index < -0.39 is 0 Å². The molecule has 0 aliphatic carbocycles. The van der Waals surface area contributed by atoms with Gasteiger partial charge in [0.2, 0.25) is 0 Å². The number of Topliss-reactive ketones (excluding diaryl/α,β-unsaturated/α-hetero) is 1. The lowest BCUT2D eigenvalue weighted by Crippen LogP contribution is -2.24. The molecular weight excluding hydrogens is 206 g/mol. The van der Waals surface area contributed by atoms with E-state index in [4.69, 9.17) is 0 Å². The summed E-state index contributed by atoms with van der Waals surface area (Å²) >= 11 is 1.68. The molecule has 80 valence electrons. The van der Waals surface area contributed by atoms with E-state index >= 15 is 0 Å². The molecule has 0 bridgehead atoms. The first-order valence-electron chi connectivity index (χ1n) is 5.23. The fraction of sp³-hybridized carbons (Fsp3) is 0.417. The van der Waals surface area contributed by atoms with Crippen molar-refractivity contribution in [3.8, 4) is 0 Å². The number of rotatable bonds is 3. The monoisotopic (exact) mass is 221 g/mol. The lowest BCUT2D eigenvalue weighted by molar-refractivity contribution is -0.115. The molecule has 2 nitrogen and oxygen atoms in total. The van der Waals surface area contributed by atoms with E-state index in [1.165, 1.54) is 10.4 Å². The predicted molar refractivity (Wildman–Crippen MR) is 63.3 cm³/mol. The second-order valence-electron chi connectivity index (χ2n) is 3.81. The van der Waals surface area contributed by atoms with Crippen molar-refractivity contribution in [1.29, 1.82) is 0 Å². The Balaban J connectivity index is 2.03. The van der Waals surface area contributed by atoms with Crippen molar-refractivity contribution in [3.63, 3.8) is 0 Å². The Kier molecular flexibility index (Phi) is 3.34. The zero-order chi connectivity index (χ0) is 10.7. The summed E-state index contributed by atoms with van der Waals surface area (Å²) in [5.74, 6) is 0.294. The van der Waals surface area contributed by atoms with Gasteiger partial charge in [-0.2, -0.15) is 0 Å². The van der Waals surface area contributed by atoms with Gasteiger partial charge in [-0.3, -0.25) is 4.79 Å². The van der Waals surface area contributed by atoms with Gasteiger partial charge >= 0.3 is 0 Å². The second kappa shape index (κ2) is 4.73. The Morgan fingerprint density at radius 1 is 1.60 bits per heavy atom. The van der Waals surface area contributed by atoms with Gasteiger partial charge in [-0.15, -0.1) is 11.3 Å². The van der Waals surface area contributed by atoms with Crippen LogP contribution in [-0.4, -0.2) is 18.9 Å². The van der Waals surface area contributed by atoms with Crippen molar-refractivity contribution in [3.05, 3.63) is 33.5 Å². The summed E-state index contributed by atoms with van der Waals surface area (Å²) in [6.07, 6.45) is 3.48. The molecule has 0 saturated carbocycles. The van der Waals surface area contributed by atoms with Crippen molar-refractivity contribution < 1.29 is 4.79 Å². The molecule has 1 aliphatic heterocycles. The molecule has 0 unspecified atom stereocenters. The van der Waals surface area contributed by atoms with Gasteiger partial charge in [0.05, 0.1) is 0 Å². The van der Waals surface area contributed by atoms with Gasteiger partial charge in [-0.1, -0.05) is 6.08 Å². The van der Waals surface area contributed by atoms with Crippen LogP contribution in [0.2, 0.25) is 0 Å². The quantitative estimate of drug-likeness (QED) is 0.846. The van der Waals surface area contributed by atoms with Crippen LogP contribution in [0, 0.1) is 6.92 Å². The van der Waals surface area contributed by atoms with Gasteiger partial charge in [0.15, 0.2) is 5.78 Å². The van der Waals surface area contributed by atoms with Gasteiger partial charge < -0.3 is 5.32 Å². The molecule has 0 amide bonds. The Morgan fingerprint density at radius 2 is 2.47 bits per heavy atom. The number of nitrogens with one attached hydrogen (secondary N) is 1. The standard InChI is InChI=1S/C12H15NOS/c1-9-4-7-15-12(9)8-11(14)10-2-5-13-6-3-10/h2,4,7,13H,3,5-6,8H2,1H3. The van der Waals surface area contributed by atoms with E-state index in [0.717, 1.165) is 25.1 Å². The number of ketones is 1. The lowest BCUT2D eigenvalue weighted by Gasteiger charge is -2.12. The molecule has 0 atom stereocenters. The molecule has 1 N–H and O–H groups in total. The number of carbonyl (C=O) groups excluding carboxylic acids is 1. The highest BCUT2D eigenvalue weighted by Gasteiger charge is 2.13. The van der Waals surface area contributed by atoms with Crippen LogP contribution >= 0.6 is 11.3 Å². The van der Waals surface area contributed by atoms with Gasteiger partial charge in [-0.25, -0.2) is 0 Å². The highest BCUT2D eigenvalue weighted by Crippen LogP contribution is 2.18. The Hall–Kier alpha value is -0.930. The van der Waals surface area contributed by atoms with Crippen molar-refractivity contribution >= 4 is 17.1 Å². The number of carbonyl (C=O) groups is 1. The van der Waals surface area contributed by atoms with Crippen LogP contribution in [-0.2, 0) is 11.2 Å². The first-order chi connectivity index (χ1) is 7.27. The van der Waals surface area contributed by atoms with Crippen LogP contribution in [0.5, 0.6) is 0 Å². The SMILES string of the molecule is Cc1ccsc1CC(=O)C1=CCNCC1. The van der Waals surface area contributed by atoms with Crippen LogP contribution in [0.1, 0.15) is 16.9 Å². The Bertz CT molecular complexity index is 392. The molecule has 3 heteroatoms. The molecule has 1 aromatic rings. The topological polar surface area (TPSA) is 29.1 Å². The van der Waals surface area contributed by atoms with Crippen molar-refractivity contribution in [1.82, 2.24) is 5.32 Å². The fourth-order valence-corrected chi connectivity index (χ4v) is 2.63. The maximum Gasteiger partial charge on any atom is 0.163 e. The fourth-order valence-electron chi connectivity index (χ4n) is 1.72. The highest BCUT2D eigenvalue weighted by molar-refractivity contribution is 7.10. The van der Waals surface area contributed by atoms with Crippen LogP contribution in [0.25, 0.3) is 0 Å². The minimum atomic E-state index is 0.294. The molecule has 0 fully saturated rings. The largest absolute Gasteiger partial charge is 0.313 e. The number of hydrogen-bond acceptors (Lipinski definition) is 3. The second-order valence-corrected chi connectivity index (χ2v) is 4.81. The van der Waals surface area contributed by atoms with Crippen molar-refractivity contribution in [2.24, 2.45) is 0 Å². The van der Waals surface area contributed by atoms with E-state index in [0.29, 0.717) is 12.2 Å². The van der Waals surface area contributed by atoms with E-state index in [2.05, 4.69) is 23.7 Å². The molecule has 1 aromatic heterocycles. The van der Waals surface area contributed by atoms with Crippen LogP contribution in [0.15, 0.2) is 23.1 Å². The predicted octanol–water partition coefficient (Wildman–Crippen LogP) is 2.09. The molecular formula is C12H15NOS. The first kappa shape index (κ1) is 10.6. The third-order valence-corrected chi connectivity index (χ3v) is 3.73. The lowest BCUT2D eigenvalue weighted by atomic mass is 10.0. The third kappa shape index (κ3) is 2.55. The summed E-state index contributed by atoms with van der Waals surface area (Å²) in [5.41, 5.74) is 2.24.